The highest BCUT2D eigenvalue weighted by molar-refractivity contribution is 7.99. The first kappa shape index (κ1) is 12.7. The summed E-state index contributed by atoms with van der Waals surface area (Å²) >= 11 is 7.14. The average Bonchev–Trinajstić information content (AvgIpc) is 2.27. The third kappa shape index (κ3) is 2.41. The number of anilines is 1. The molecule has 0 saturated heterocycles. The highest BCUT2D eigenvalue weighted by Gasteiger charge is 2.29. The molecule has 1 aromatic rings. The van der Waals surface area contributed by atoms with Crippen molar-refractivity contribution in [3.8, 4) is 0 Å². The van der Waals surface area contributed by atoms with Crippen LogP contribution >= 0.6 is 23.4 Å². The molecule has 8 heteroatoms. The third-order valence-electron chi connectivity index (χ3n) is 2.27. The van der Waals surface area contributed by atoms with Crippen LogP contribution in [0, 0.1) is 10.1 Å². The summed E-state index contributed by atoms with van der Waals surface area (Å²) in [7, 11) is 0. The number of nitrogens with one attached hydrogen (secondary N) is 1. The predicted octanol–water partition coefficient (Wildman–Crippen LogP) is 2.43. The number of halogens is 1. The molecule has 2 rings (SSSR count). The highest BCUT2D eigenvalue weighted by atomic mass is 35.5. The molecule has 6 nitrogen and oxygen atoms in total. The second-order valence-corrected chi connectivity index (χ2v) is 4.90. The number of carbonyl (C=O) groups is 1. The Hall–Kier alpha value is -1.73. The van der Waals surface area contributed by atoms with Gasteiger partial charge in [-0.2, -0.15) is 0 Å². The second kappa shape index (κ2) is 4.87. The van der Waals surface area contributed by atoms with E-state index in [2.05, 4.69) is 5.32 Å². The Kier molecular flexibility index (Phi) is 3.44. The van der Waals surface area contributed by atoms with Gasteiger partial charge in [0.05, 0.1) is 10.6 Å². The van der Waals surface area contributed by atoms with Crippen molar-refractivity contribution in [1.29, 1.82) is 0 Å². The van der Waals surface area contributed by atoms with Crippen LogP contribution in [-0.4, -0.2) is 21.8 Å². The van der Waals surface area contributed by atoms with Gasteiger partial charge in [-0.15, -0.1) is 11.8 Å². The molecule has 0 amide bonds. The zero-order valence-corrected chi connectivity index (χ0v) is 10.4. The summed E-state index contributed by atoms with van der Waals surface area (Å²) in [5.41, 5.74) is -0.199. The normalized spacial score (nSPS) is 16.5. The maximum absolute atomic E-state index is 10.8. The largest absolute Gasteiger partial charge is 0.473 e. The summed E-state index contributed by atoms with van der Waals surface area (Å²) in [5.74, 6) is -1.36. The molecular weight excluding hydrogens is 280 g/mol. The summed E-state index contributed by atoms with van der Waals surface area (Å²) in [4.78, 5) is 21.5. The maximum Gasteiger partial charge on any atom is 0.409 e. The summed E-state index contributed by atoms with van der Waals surface area (Å²) in [5, 5.41) is 22.8. The van der Waals surface area contributed by atoms with Crippen molar-refractivity contribution < 1.29 is 14.8 Å². The molecular formula is C10H7ClN2O4S. The Bertz CT molecular complexity index is 557. The number of fused-ring (bicyclic) bond motifs is 1. The number of carboxylic acid groups (broad SMARTS) is 1. The van der Waals surface area contributed by atoms with E-state index in [4.69, 9.17) is 16.7 Å². The maximum atomic E-state index is 10.8. The molecule has 0 atom stereocenters. The number of rotatable bonds is 2. The summed E-state index contributed by atoms with van der Waals surface area (Å²) in [6.45, 7) is 0. The minimum atomic E-state index is -1.56. The second-order valence-electron chi connectivity index (χ2n) is 3.44. The fraction of sp³-hybridized carbons (Fsp3) is 0.100. The Balaban J connectivity index is 2.44. The first-order chi connectivity index (χ1) is 8.49. The lowest BCUT2D eigenvalue weighted by molar-refractivity contribution is -0.422. The minimum Gasteiger partial charge on any atom is -0.473 e. The van der Waals surface area contributed by atoms with E-state index in [0.717, 1.165) is 4.90 Å². The number of carboxylic acids is 1. The molecule has 94 valence electrons. The fourth-order valence-corrected chi connectivity index (χ4v) is 2.63. The van der Waals surface area contributed by atoms with Crippen LogP contribution in [0.1, 0.15) is 0 Å². The van der Waals surface area contributed by atoms with Gasteiger partial charge in [0.1, 0.15) is 5.70 Å². The number of hydrogen-bond donors (Lipinski definition) is 2. The van der Waals surface area contributed by atoms with Gasteiger partial charge in [-0.25, -0.2) is 4.79 Å². The first-order valence-corrected chi connectivity index (χ1v) is 6.15. The zero-order valence-electron chi connectivity index (χ0n) is 8.84. The average molecular weight is 287 g/mol. The van der Waals surface area contributed by atoms with E-state index < -0.39 is 16.6 Å². The number of benzene rings is 1. The fourth-order valence-electron chi connectivity index (χ4n) is 1.52. The van der Waals surface area contributed by atoms with E-state index in [1.807, 2.05) is 0 Å². The molecule has 1 aliphatic heterocycles. The monoisotopic (exact) mass is 286 g/mol. The molecule has 1 aliphatic rings. The Morgan fingerprint density at radius 1 is 1.56 bits per heavy atom. The van der Waals surface area contributed by atoms with Gasteiger partial charge in [0.2, 0.25) is 0 Å². The van der Waals surface area contributed by atoms with Crippen LogP contribution in [0.2, 0.25) is 5.02 Å². The number of hydrogen-bond acceptors (Lipinski definition) is 5. The molecule has 0 aromatic heterocycles. The van der Waals surface area contributed by atoms with Crippen LogP contribution in [0.5, 0.6) is 0 Å². The Labute approximate surface area is 111 Å². The lowest BCUT2D eigenvalue weighted by atomic mass is 10.2. The van der Waals surface area contributed by atoms with Gasteiger partial charge in [0.15, 0.2) is 0 Å². The zero-order chi connectivity index (χ0) is 13.3. The summed E-state index contributed by atoms with van der Waals surface area (Å²) in [6, 6.07) is 5.08. The van der Waals surface area contributed by atoms with E-state index in [0.29, 0.717) is 10.7 Å². The summed E-state index contributed by atoms with van der Waals surface area (Å²) in [6.07, 6.45) is 0. The van der Waals surface area contributed by atoms with Crippen LogP contribution in [0.25, 0.3) is 0 Å². The smallest absolute Gasteiger partial charge is 0.409 e. The molecule has 0 unspecified atom stereocenters. The standard InChI is InChI=1S/C10H7ClN2O4S/c11-5-1-2-8-6(3-5)12-7(4-18-8)9(10(14)15)13(16)17/h1-3,12H,4H2,(H,14,15)/b9-7-. The van der Waals surface area contributed by atoms with E-state index in [1.165, 1.54) is 11.8 Å². The van der Waals surface area contributed by atoms with Crippen LogP contribution in [0.4, 0.5) is 5.69 Å². The van der Waals surface area contributed by atoms with Gasteiger partial charge >= 0.3 is 11.7 Å². The van der Waals surface area contributed by atoms with Crippen LogP contribution in [-0.2, 0) is 4.79 Å². The van der Waals surface area contributed by atoms with Gasteiger partial charge in [0, 0.05) is 15.7 Å². The minimum absolute atomic E-state index is 0.0623. The molecule has 0 saturated carbocycles. The Morgan fingerprint density at radius 2 is 2.28 bits per heavy atom. The molecule has 2 N–H and O–H groups in total. The van der Waals surface area contributed by atoms with Gasteiger partial charge < -0.3 is 10.4 Å². The predicted molar refractivity (Wildman–Crippen MR) is 67.5 cm³/mol. The molecule has 0 spiro atoms. The topological polar surface area (TPSA) is 92.5 Å². The van der Waals surface area contributed by atoms with Gasteiger partial charge in [-0.1, -0.05) is 11.6 Å². The van der Waals surface area contributed by atoms with Crippen LogP contribution < -0.4 is 5.32 Å². The molecule has 0 radical (unpaired) electrons. The Morgan fingerprint density at radius 3 is 2.89 bits per heavy atom. The molecule has 1 aromatic carbocycles. The lowest BCUT2D eigenvalue weighted by Gasteiger charge is -2.19. The van der Waals surface area contributed by atoms with Crippen molar-refractivity contribution >= 4 is 35.0 Å². The number of thioether (sulfide) groups is 1. The van der Waals surface area contributed by atoms with Crippen LogP contribution in [0.15, 0.2) is 34.5 Å². The van der Waals surface area contributed by atoms with Crippen LogP contribution in [0.3, 0.4) is 0 Å². The van der Waals surface area contributed by atoms with Crippen molar-refractivity contribution in [2.45, 2.75) is 4.90 Å². The molecule has 0 aliphatic carbocycles. The van der Waals surface area contributed by atoms with Crippen molar-refractivity contribution in [3.63, 3.8) is 0 Å². The SMILES string of the molecule is O=C(O)/C(=C1\CSc2ccc(Cl)cc2N1)[N+](=O)[O-]. The molecule has 1 heterocycles. The third-order valence-corrected chi connectivity index (χ3v) is 3.61. The quantitative estimate of drug-likeness (QED) is 0.493. The van der Waals surface area contributed by atoms with E-state index in [9.17, 15) is 14.9 Å². The van der Waals surface area contributed by atoms with Crippen molar-refractivity contribution in [2.75, 3.05) is 11.1 Å². The lowest BCUT2D eigenvalue weighted by Crippen LogP contribution is -2.20. The van der Waals surface area contributed by atoms with E-state index >= 15 is 0 Å². The first-order valence-electron chi connectivity index (χ1n) is 4.79. The van der Waals surface area contributed by atoms with Crippen molar-refractivity contribution in [3.05, 3.63) is 44.7 Å². The number of nitrogens with zero attached hydrogens (tertiary/aromatic N) is 1. The van der Waals surface area contributed by atoms with Gasteiger partial charge in [0.25, 0.3) is 0 Å². The van der Waals surface area contributed by atoms with E-state index in [1.54, 1.807) is 18.2 Å². The molecule has 18 heavy (non-hydrogen) atoms. The van der Waals surface area contributed by atoms with Gasteiger partial charge in [-0.3, -0.25) is 10.1 Å². The highest BCUT2D eigenvalue weighted by Crippen LogP contribution is 2.36. The number of nitro groups is 1. The van der Waals surface area contributed by atoms with E-state index in [-0.39, 0.29) is 11.4 Å². The van der Waals surface area contributed by atoms with Crippen molar-refractivity contribution in [2.24, 2.45) is 0 Å². The summed E-state index contributed by atoms with van der Waals surface area (Å²) < 4.78 is 0. The molecule has 0 bridgehead atoms. The van der Waals surface area contributed by atoms with Gasteiger partial charge in [-0.05, 0) is 18.2 Å². The van der Waals surface area contributed by atoms with Crippen molar-refractivity contribution in [1.82, 2.24) is 0 Å². The molecule has 0 fully saturated rings. The number of aliphatic carboxylic acids is 1.